The summed E-state index contributed by atoms with van der Waals surface area (Å²) in [5.74, 6) is -0.348. The predicted molar refractivity (Wildman–Crippen MR) is 96.3 cm³/mol. The highest BCUT2D eigenvalue weighted by atomic mass is 32.2. The first kappa shape index (κ1) is 19.9. The summed E-state index contributed by atoms with van der Waals surface area (Å²) in [6.45, 7) is 2.81. The van der Waals surface area contributed by atoms with Crippen molar-refractivity contribution in [1.29, 1.82) is 0 Å². The van der Waals surface area contributed by atoms with Crippen LogP contribution in [0.25, 0.3) is 0 Å². The molecule has 3 aliphatic rings. The van der Waals surface area contributed by atoms with E-state index < -0.39 is 27.4 Å². The molecule has 5 nitrogen and oxygen atoms in total. The number of hydrogen-bond donors (Lipinski definition) is 0. The summed E-state index contributed by atoms with van der Waals surface area (Å²) in [5, 5.41) is 0. The molecule has 0 unspecified atom stereocenters. The second-order valence-corrected chi connectivity index (χ2v) is 10.4. The van der Waals surface area contributed by atoms with Crippen LogP contribution in [-0.2, 0) is 16.0 Å². The van der Waals surface area contributed by atoms with Crippen LogP contribution in [0.1, 0.15) is 31.2 Å². The largest absolute Gasteiger partial charge is 0.417 e. The number of nitrogens with zero attached hydrogens (tertiary/aromatic N) is 3. The fourth-order valence-electron chi connectivity index (χ4n) is 4.80. The molecule has 28 heavy (non-hydrogen) atoms. The van der Waals surface area contributed by atoms with Gasteiger partial charge in [0.15, 0.2) is 21.5 Å². The standard InChI is InChI=1S/C18H23F4N3O2S/c19-15-9-13(18(20,21)22)10-23-16(15)25-5-1-14(2-6-25)24-7-3-17(4-8-24)11-28(26,27)12-17/h9-10,14H,1-8,11-12H2. The topological polar surface area (TPSA) is 53.5 Å². The van der Waals surface area contributed by atoms with Gasteiger partial charge in [0.05, 0.1) is 17.1 Å². The first-order valence-corrected chi connectivity index (χ1v) is 11.3. The van der Waals surface area contributed by atoms with Crippen LogP contribution in [-0.4, -0.2) is 62.0 Å². The van der Waals surface area contributed by atoms with Gasteiger partial charge in [-0.3, -0.25) is 0 Å². The maximum absolute atomic E-state index is 14.1. The number of pyridine rings is 1. The molecule has 3 saturated heterocycles. The number of sulfone groups is 1. The van der Waals surface area contributed by atoms with Crippen LogP contribution in [0.5, 0.6) is 0 Å². The minimum atomic E-state index is -4.61. The highest BCUT2D eigenvalue weighted by Gasteiger charge is 2.50. The van der Waals surface area contributed by atoms with Gasteiger partial charge in [-0.2, -0.15) is 13.2 Å². The predicted octanol–water partition coefficient (Wildman–Crippen LogP) is 2.72. The van der Waals surface area contributed by atoms with E-state index in [9.17, 15) is 26.0 Å². The maximum atomic E-state index is 14.1. The lowest BCUT2D eigenvalue weighted by molar-refractivity contribution is -0.138. The molecule has 3 aliphatic heterocycles. The third-order valence-electron chi connectivity index (χ3n) is 6.34. The van der Waals surface area contributed by atoms with Gasteiger partial charge in [-0.1, -0.05) is 0 Å². The van der Waals surface area contributed by atoms with E-state index in [4.69, 9.17) is 0 Å². The summed E-state index contributed by atoms with van der Waals surface area (Å²) in [5.41, 5.74) is -1.10. The van der Waals surface area contributed by atoms with E-state index in [1.807, 2.05) is 0 Å². The van der Waals surface area contributed by atoms with Crippen molar-refractivity contribution in [1.82, 2.24) is 9.88 Å². The molecule has 0 amide bonds. The van der Waals surface area contributed by atoms with E-state index in [0.29, 0.717) is 42.9 Å². The minimum Gasteiger partial charge on any atom is -0.354 e. The number of hydrogen-bond acceptors (Lipinski definition) is 5. The van der Waals surface area contributed by atoms with Crippen LogP contribution in [0, 0.1) is 11.2 Å². The van der Waals surface area contributed by atoms with Crippen molar-refractivity contribution >= 4 is 15.7 Å². The molecule has 0 atom stereocenters. The zero-order valence-electron chi connectivity index (χ0n) is 15.4. The first-order chi connectivity index (χ1) is 13.1. The van der Waals surface area contributed by atoms with Crippen LogP contribution in [0.2, 0.25) is 0 Å². The zero-order chi connectivity index (χ0) is 20.2. The average molecular weight is 421 g/mol. The molecule has 0 N–H and O–H groups in total. The van der Waals surface area contributed by atoms with Crippen LogP contribution in [0.3, 0.4) is 0 Å². The van der Waals surface area contributed by atoms with Crippen molar-refractivity contribution < 1.29 is 26.0 Å². The van der Waals surface area contributed by atoms with Gasteiger partial charge in [0.1, 0.15) is 0 Å². The van der Waals surface area contributed by atoms with E-state index in [2.05, 4.69) is 9.88 Å². The molecule has 0 radical (unpaired) electrons. The summed E-state index contributed by atoms with van der Waals surface area (Å²) >= 11 is 0. The number of aromatic nitrogens is 1. The maximum Gasteiger partial charge on any atom is 0.417 e. The molecular weight excluding hydrogens is 398 g/mol. The summed E-state index contributed by atoms with van der Waals surface area (Å²) in [6.07, 6.45) is -0.573. The monoisotopic (exact) mass is 421 g/mol. The summed E-state index contributed by atoms with van der Waals surface area (Å²) in [7, 11) is -2.82. The number of alkyl halides is 3. The highest BCUT2D eigenvalue weighted by molar-refractivity contribution is 7.92. The molecule has 0 aliphatic carbocycles. The minimum absolute atomic E-state index is 0.0243. The second-order valence-electron chi connectivity index (χ2n) is 8.31. The highest BCUT2D eigenvalue weighted by Crippen LogP contribution is 2.43. The van der Waals surface area contributed by atoms with E-state index in [0.717, 1.165) is 38.8 Å². The van der Waals surface area contributed by atoms with Crippen LogP contribution >= 0.6 is 0 Å². The quantitative estimate of drug-likeness (QED) is 0.688. The third kappa shape index (κ3) is 3.85. The van der Waals surface area contributed by atoms with Crippen molar-refractivity contribution in [2.45, 2.75) is 37.9 Å². The molecular formula is C18H23F4N3O2S. The normalized spacial score (nSPS) is 25.6. The van der Waals surface area contributed by atoms with E-state index in [-0.39, 0.29) is 11.2 Å². The van der Waals surface area contributed by atoms with Gasteiger partial charge in [0.2, 0.25) is 0 Å². The van der Waals surface area contributed by atoms with Gasteiger partial charge in [0.25, 0.3) is 0 Å². The average Bonchev–Trinajstić information content (AvgIpc) is 2.60. The molecule has 1 spiro atoms. The van der Waals surface area contributed by atoms with Crippen LogP contribution < -0.4 is 4.90 Å². The summed E-state index contributed by atoms with van der Waals surface area (Å²) < 4.78 is 75.1. The van der Waals surface area contributed by atoms with E-state index in [1.165, 1.54) is 0 Å². The zero-order valence-corrected chi connectivity index (χ0v) is 16.2. The Hall–Kier alpha value is -1.42. The van der Waals surface area contributed by atoms with Gasteiger partial charge in [-0.25, -0.2) is 17.8 Å². The number of anilines is 1. The Morgan fingerprint density at radius 2 is 1.68 bits per heavy atom. The molecule has 1 aromatic heterocycles. The van der Waals surface area contributed by atoms with E-state index in [1.54, 1.807) is 4.90 Å². The van der Waals surface area contributed by atoms with Gasteiger partial charge in [-0.15, -0.1) is 0 Å². The fourth-order valence-corrected chi connectivity index (χ4v) is 7.16. The Bertz CT molecular complexity index is 829. The van der Waals surface area contributed by atoms with Crippen molar-refractivity contribution in [2.24, 2.45) is 5.41 Å². The van der Waals surface area contributed by atoms with Crippen molar-refractivity contribution in [3.05, 3.63) is 23.6 Å². The first-order valence-electron chi connectivity index (χ1n) is 9.49. The lowest BCUT2D eigenvalue weighted by Gasteiger charge is -2.49. The summed E-state index contributed by atoms with van der Waals surface area (Å²) in [4.78, 5) is 7.80. The van der Waals surface area contributed by atoms with Crippen molar-refractivity contribution in [2.75, 3.05) is 42.6 Å². The van der Waals surface area contributed by atoms with Crippen molar-refractivity contribution in [3.63, 3.8) is 0 Å². The molecule has 156 valence electrons. The number of rotatable bonds is 2. The molecule has 10 heteroatoms. The van der Waals surface area contributed by atoms with Gasteiger partial charge >= 0.3 is 6.18 Å². The second kappa shape index (κ2) is 6.83. The lowest BCUT2D eigenvalue weighted by Crippen LogP contribution is -2.57. The SMILES string of the molecule is O=S1(=O)CC2(CCN(C3CCN(c4ncc(C(F)(F)F)cc4F)CC3)CC2)C1. The molecule has 4 rings (SSSR count). The third-order valence-corrected chi connectivity index (χ3v) is 8.44. The molecule has 4 heterocycles. The Balaban J connectivity index is 1.32. The summed E-state index contributed by atoms with van der Waals surface area (Å²) in [6, 6.07) is 0.841. The Morgan fingerprint density at radius 1 is 1.07 bits per heavy atom. The van der Waals surface area contributed by atoms with Gasteiger partial charge in [0, 0.05) is 30.7 Å². The molecule has 0 bridgehead atoms. The van der Waals surface area contributed by atoms with E-state index >= 15 is 0 Å². The van der Waals surface area contributed by atoms with Crippen LogP contribution in [0.15, 0.2) is 12.3 Å². The Kier molecular flexibility index (Phi) is 4.85. The Morgan fingerprint density at radius 3 is 2.18 bits per heavy atom. The number of likely N-dealkylation sites (tertiary alicyclic amines) is 1. The molecule has 0 aromatic carbocycles. The van der Waals surface area contributed by atoms with Crippen LogP contribution in [0.4, 0.5) is 23.4 Å². The lowest BCUT2D eigenvalue weighted by atomic mass is 9.80. The van der Waals surface area contributed by atoms with Crippen molar-refractivity contribution in [3.8, 4) is 0 Å². The smallest absolute Gasteiger partial charge is 0.354 e. The fraction of sp³-hybridized carbons (Fsp3) is 0.722. The Labute approximate surface area is 161 Å². The molecule has 1 aromatic rings. The van der Waals surface area contributed by atoms with Gasteiger partial charge in [-0.05, 0) is 44.8 Å². The molecule has 0 saturated carbocycles. The molecule has 3 fully saturated rings. The number of halogens is 4. The number of piperidine rings is 2. The van der Waals surface area contributed by atoms with Gasteiger partial charge < -0.3 is 9.80 Å².